The number of nitrogens with zero attached hydrogens (tertiary/aromatic N) is 6. The second kappa shape index (κ2) is 13.2. The zero-order valence-corrected chi connectivity index (χ0v) is 19.3. The number of aromatic nitrogens is 4. The molecule has 0 aliphatic heterocycles. The minimum absolute atomic E-state index is 0.418. The fourth-order valence-corrected chi connectivity index (χ4v) is 2.75. The molecule has 0 fully saturated rings. The van der Waals surface area contributed by atoms with Gasteiger partial charge < -0.3 is 10.6 Å². The van der Waals surface area contributed by atoms with E-state index >= 15 is 0 Å². The lowest BCUT2D eigenvalue weighted by molar-refractivity contribution is 0.859. The van der Waals surface area contributed by atoms with Crippen molar-refractivity contribution in [2.24, 2.45) is 10.2 Å². The van der Waals surface area contributed by atoms with E-state index in [4.69, 9.17) is 24.4 Å². The first-order chi connectivity index (χ1) is 15.1. The van der Waals surface area contributed by atoms with Gasteiger partial charge in [0.2, 0.25) is 5.82 Å². The highest BCUT2D eigenvalue weighted by Crippen LogP contribution is 2.13. The predicted molar refractivity (Wildman–Crippen MR) is 130 cm³/mol. The number of hydrogen-bond donors (Lipinski definition) is 4. The highest BCUT2D eigenvalue weighted by Gasteiger charge is 2.07. The minimum Gasteiger partial charge on any atom is -0.362 e. The fraction of sp³-hybridized carbons (Fsp3) is 0.368. The molecule has 0 saturated carbocycles. The van der Waals surface area contributed by atoms with Gasteiger partial charge in [0.15, 0.2) is 16.6 Å². The van der Waals surface area contributed by atoms with E-state index in [9.17, 15) is 0 Å². The van der Waals surface area contributed by atoms with E-state index in [0.717, 1.165) is 29.1 Å². The van der Waals surface area contributed by atoms with Crippen molar-refractivity contribution in [1.82, 2.24) is 41.9 Å². The molecule has 0 atom stereocenters. The molecule has 31 heavy (non-hydrogen) atoms. The van der Waals surface area contributed by atoms with E-state index in [2.05, 4.69) is 52.1 Å². The molecule has 0 radical (unpaired) electrons. The molecule has 0 aliphatic rings. The number of hydrogen-bond acceptors (Lipinski definition) is 8. The summed E-state index contributed by atoms with van der Waals surface area (Å²) in [5.74, 6) is 0.481. The van der Waals surface area contributed by atoms with Gasteiger partial charge in [-0.15, -0.1) is 20.4 Å². The van der Waals surface area contributed by atoms with Crippen LogP contribution in [-0.2, 0) is 6.54 Å². The monoisotopic (exact) mass is 458 g/mol. The van der Waals surface area contributed by atoms with Crippen molar-refractivity contribution in [3.05, 3.63) is 36.2 Å². The van der Waals surface area contributed by atoms with Crippen LogP contribution in [0.4, 0.5) is 0 Å². The number of rotatable bonds is 9. The van der Waals surface area contributed by atoms with Gasteiger partial charge in [0.25, 0.3) is 0 Å². The highest BCUT2D eigenvalue weighted by molar-refractivity contribution is 7.80. The molecule has 0 saturated heterocycles. The van der Waals surface area contributed by atoms with E-state index in [1.807, 2.05) is 45.0 Å². The van der Waals surface area contributed by atoms with E-state index < -0.39 is 0 Å². The number of thiocarbonyl (C=S) groups is 2. The topological polar surface area (TPSA) is 124 Å². The summed E-state index contributed by atoms with van der Waals surface area (Å²) in [6.45, 7) is 7.26. The molecule has 0 bridgehead atoms. The zero-order chi connectivity index (χ0) is 22.5. The molecule has 2 aromatic rings. The highest BCUT2D eigenvalue weighted by atomic mass is 32.1. The summed E-state index contributed by atoms with van der Waals surface area (Å²) >= 11 is 10.5. The molecule has 164 valence electrons. The van der Waals surface area contributed by atoms with Crippen molar-refractivity contribution in [3.63, 3.8) is 0 Å². The maximum absolute atomic E-state index is 5.33. The maximum atomic E-state index is 5.33. The second-order valence-electron chi connectivity index (χ2n) is 6.16. The lowest BCUT2D eigenvalue weighted by Crippen LogP contribution is -2.34. The van der Waals surface area contributed by atoms with Crippen LogP contribution < -0.4 is 21.5 Å². The Morgan fingerprint density at radius 3 is 1.90 bits per heavy atom. The predicted octanol–water partition coefficient (Wildman–Crippen LogP) is 1.91. The van der Waals surface area contributed by atoms with Crippen molar-refractivity contribution in [2.75, 3.05) is 6.54 Å². The third-order valence-corrected chi connectivity index (χ3v) is 4.47. The van der Waals surface area contributed by atoms with Gasteiger partial charge in [-0.2, -0.15) is 10.2 Å². The number of nitrogens with one attached hydrogen (secondary N) is 4. The summed E-state index contributed by atoms with van der Waals surface area (Å²) in [6, 6.07) is 7.74. The molecular weight excluding hydrogens is 432 g/mol. The van der Waals surface area contributed by atoms with Crippen molar-refractivity contribution >= 4 is 46.1 Å². The normalized spacial score (nSPS) is 11.6. The minimum atomic E-state index is 0.418. The van der Waals surface area contributed by atoms with Gasteiger partial charge in [-0.3, -0.25) is 10.9 Å². The van der Waals surface area contributed by atoms with Gasteiger partial charge >= 0.3 is 0 Å². The van der Waals surface area contributed by atoms with Gasteiger partial charge in [0.1, 0.15) is 0 Å². The van der Waals surface area contributed by atoms with Crippen LogP contribution >= 0.6 is 24.4 Å². The van der Waals surface area contributed by atoms with Crippen LogP contribution in [0.15, 0.2) is 40.8 Å². The third kappa shape index (κ3) is 8.26. The van der Waals surface area contributed by atoms with Crippen molar-refractivity contribution in [3.8, 4) is 11.4 Å². The maximum Gasteiger partial charge on any atom is 0.203 e. The van der Waals surface area contributed by atoms with Crippen LogP contribution in [-0.4, -0.2) is 48.6 Å². The molecule has 1 heterocycles. The first-order valence-corrected chi connectivity index (χ1v) is 10.7. The van der Waals surface area contributed by atoms with Crippen LogP contribution in [0.5, 0.6) is 0 Å². The first kappa shape index (κ1) is 24.2. The van der Waals surface area contributed by atoms with E-state index in [1.165, 1.54) is 6.33 Å². The SMILES string of the molecule is CCNC(=S)N/N=C(CC)/C(CC)=N/NC(=S)NCc1ccc(-c2nncnn2)cc1. The lowest BCUT2D eigenvalue weighted by Gasteiger charge is -2.11. The fourth-order valence-electron chi connectivity index (χ4n) is 2.44. The zero-order valence-electron chi connectivity index (χ0n) is 17.7. The summed E-state index contributed by atoms with van der Waals surface area (Å²) < 4.78 is 0. The molecular formula is C19H26N10S2. The molecule has 1 aromatic carbocycles. The Morgan fingerprint density at radius 1 is 0.839 bits per heavy atom. The van der Waals surface area contributed by atoms with Crippen LogP contribution in [0.2, 0.25) is 0 Å². The Balaban J connectivity index is 1.89. The first-order valence-electron chi connectivity index (χ1n) is 9.88. The Bertz CT molecular complexity index is 913. The average molecular weight is 459 g/mol. The summed E-state index contributed by atoms with van der Waals surface area (Å²) in [6.07, 6.45) is 2.70. The summed E-state index contributed by atoms with van der Waals surface area (Å²) in [5.41, 5.74) is 9.21. The third-order valence-electron chi connectivity index (χ3n) is 4.00. The Labute approximate surface area is 192 Å². The van der Waals surface area contributed by atoms with Crippen molar-refractivity contribution < 1.29 is 0 Å². The lowest BCUT2D eigenvalue weighted by atomic mass is 10.1. The molecule has 2 rings (SSSR count). The van der Waals surface area contributed by atoms with Gasteiger partial charge in [-0.1, -0.05) is 38.1 Å². The molecule has 0 unspecified atom stereocenters. The quantitative estimate of drug-likeness (QED) is 0.252. The molecule has 0 aliphatic carbocycles. The van der Waals surface area contributed by atoms with Crippen molar-refractivity contribution in [1.29, 1.82) is 0 Å². The Morgan fingerprint density at radius 2 is 1.39 bits per heavy atom. The average Bonchev–Trinajstić information content (AvgIpc) is 2.81. The van der Waals surface area contributed by atoms with E-state index in [-0.39, 0.29) is 0 Å². The van der Waals surface area contributed by atoms with Gasteiger partial charge in [-0.05, 0) is 49.8 Å². The number of benzene rings is 1. The summed E-state index contributed by atoms with van der Waals surface area (Å²) in [4.78, 5) is 0. The molecule has 4 N–H and O–H groups in total. The Hall–Kier alpha value is -3.12. The number of hydrazone groups is 2. The molecule has 1 aromatic heterocycles. The molecule has 12 heteroatoms. The standard InChI is InChI=1S/C19H26N10S2/c1-4-15(24-28-18(30)20-6-3)16(5-2)25-29-19(31)21-11-13-7-9-14(10-8-13)17-26-22-12-23-27-17/h7-10,12H,4-6,11H2,1-3H3,(H2,20,28,30)(H2,21,29,31)/b24-15+,25-16+. The Kier molecular flexibility index (Phi) is 10.3. The van der Waals surface area contributed by atoms with Gasteiger partial charge in [0.05, 0.1) is 11.4 Å². The van der Waals surface area contributed by atoms with Crippen LogP contribution in [0.25, 0.3) is 11.4 Å². The van der Waals surface area contributed by atoms with Gasteiger partial charge in [0, 0.05) is 18.7 Å². The van der Waals surface area contributed by atoms with Crippen LogP contribution in [0, 0.1) is 0 Å². The van der Waals surface area contributed by atoms with E-state index in [0.29, 0.717) is 35.4 Å². The summed E-state index contributed by atoms with van der Waals surface area (Å²) in [7, 11) is 0. The van der Waals surface area contributed by atoms with E-state index in [1.54, 1.807) is 0 Å². The van der Waals surface area contributed by atoms with Crippen molar-refractivity contribution in [2.45, 2.75) is 40.2 Å². The van der Waals surface area contributed by atoms with Gasteiger partial charge in [-0.25, -0.2) is 0 Å². The second-order valence-corrected chi connectivity index (χ2v) is 6.97. The van der Waals surface area contributed by atoms with Crippen LogP contribution in [0.3, 0.4) is 0 Å². The van der Waals surface area contributed by atoms with Crippen LogP contribution in [0.1, 0.15) is 39.2 Å². The molecule has 0 spiro atoms. The summed E-state index contributed by atoms with van der Waals surface area (Å²) in [5, 5.41) is 31.1. The smallest absolute Gasteiger partial charge is 0.203 e. The molecule has 10 nitrogen and oxygen atoms in total. The molecule has 0 amide bonds. The largest absolute Gasteiger partial charge is 0.362 e.